The van der Waals surface area contributed by atoms with Gasteiger partial charge in [0.15, 0.2) is 6.61 Å². The van der Waals surface area contributed by atoms with Crippen LogP contribution < -0.4 is 20.1 Å². The van der Waals surface area contributed by atoms with E-state index in [2.05, 4.69) is 10.6 Å². The lowest BCUT2D eigenvalue weighted by molar-refractivity contribution is -0.137. The number of likely N-dealkylation sites (tertiary alicyclic amines) is 1. The second-order valence-electron chi connectivity index (χ2n) is 9.49. The maximum atomic E-state index is 13.2. The van der Waals surface area contributed by atoms with E-state index >= 15 is 0 Å². The molecule has 192 valence electrons. The number of nitrogens with one attached hydrogen (secondary N) is 2. The van der Waals surface area contributed by atoms with Gasteiger partial charge in [-0.15, -0.1) is 0 Å². The van der Waals surface area contributed by atoms with E-state index in [1.165, 1.54) is 0 Å². The number of methoxy groups -OCH3 is 1. The molecule has 2 aliphatic rings. The van der Waals surface area contributed by atoms with Gasteiger partial charge in [0.2, 0.25) is 5.91 Å². The van der Waals surface area contributed by atoms with Crippen molar-refractivity contribution in [1.82, 2.24) is 15.5 Å². The average molecular weight is 494 g/mol. The number of piperidine rings is 1. The number of para-hydroxylation sites is 1. The molecular formula is C28H35N3O5. The third kappa shape index (κ3) is 6.77. The van der Waals surface area contributed by atoms with E-state index in [9.17, 15) is 14.4 Å². The van der Waals surface area contributed by atoms with Gasteiger partial charge in [-0.05, 0) is 62.1 Å². The second kappa shape index (κ2) is 12.4. The first-order chi connectivity index (χ1) is 17.5. The second-order valence-corrected chi connectivity index (χ2v) is 9.49. The van der Waals surface area contributed by atoms with Crippen LogP contribution in [0.4, 0.5) is 0 Å². The molecule has 1 saturated carbocycles. The minimum absolute atomic E-state index is 0.0412. The molecule has 2 N–H and O–H groups in total. The molecule has 1 aliphatic carbocycles. The number of nitrogens with zero attached hydrogens (tertiary/aromatic N) is 1. The number of benzene rings is 2. The Morgan fingerprint density at radius 2 is 1.56 bits per heavy atom. The van der Waals surface area contributed by atoms with Crippen molar-refractivity contribution in [3.63, 3.8) is 0 Å². The van der Waals surface area contributed by atoms with Gasteiger partial charge < -0.3 is 25.0 Å². The molecule has 0 aromatic heterocycles. The van der Waals surface area contributed by atoms with Gasteiger partial charge in [0.1, 0.15) is 11.5 Å². The minimum Gasteiger partial charge on any atom is -0.497 e. The number of carbonyl (C=O) groups is 3. The van der Waals surface area contributed by atoms with Crippen molar-refractivity contribution in [1.29, 1.82) is 0 Å². The van der Waals surface area contributed by atoms with Crippen LogP contribution in [0.25, 0.3) is 0 Å². The van der Waals surface area contributed by atoms with E-state index in [4.69, 9.17) is 9.47 Å². The van der Waals surface area contributed by atoms with E-state index in [1.54, 1.807) is 36.3 Å². The molecule has 8 nitrogen and oxygen atoms in total. The summed E-state index contributed by atoms with van der Waals surface area (Å²) in [6, 6.07) is 16.0. The minimum atomic E-state index is -0.265. The van der Waals surface area contributed by atoms with Crippen LogP contribution in [0.1, 0.15) is 48.9 Å². The maximum Gasteiger partial charge on any atom is 0.260 e. The smallest absolute Gasteiger partial charge is 0.260 e. The predicted molar refractivity (Wildman–Crippen MR) is 136 cm³/mol. The molecule has 0 bridgehead atoms. The molecule has 3 atom stereocenters. The summed E-state index contributed by atoms with van der Waals surface area (Å²) < 4.78 is 10.8. The molecule has 3 amide bonds. The van der Waals surface area contributed by atoms with Gasteiger partial charge in [-0.2, -0.15) is 0 Å². The molecule has 2 fully saturated rings. The molecule has 2 aromatic carbocycles. The van der Waals surface area contributed by atoms with Crippen molar-refractivity contribution >= 4 is 17.7 Å². The summed E-state index contributed by atoms with van der Waals surface area (Å²) in [6.45, 7) is 0.976. The van der Waals surface area contributed by atoms with Gasteiger partial charge in [0.25, 0.3) is 11.8 Å². The molecule has 2 aromatic rings. The SMILES string of the molecule is COc1ccc(C(=O)N[C@@H]2CCCCC2NC(=O)C2CCCN(C(=O)COc3ccccc3)C2)cc1. The van der Waals surface area contributed by atoms with E-state index in [0.717, 1.165) is 38.5 Å². The summed E-state index contributed by atoms with van der Waals surface area (Å²) in [5.74, 6) is 0.764. The fourth-order valence-corrected chi connectivity index (χ4v) is 4.94. The highest BCUT2D eigenvalue weighted by Crippen LogP contribution is 2.22. The average Bonchev–Trinajstić information content (AvgIpc) is 2.93. The highest BCUT2D eigenvalue weighted by atomic mass is 16.5. The standard InChI is InChI=1S/C28H35N3O5/c1-35-22-15-13-20(14-16-22)27(33)29-24-11-5-6-12-25(24)30-28(34)21-8-7-17-31(18-21)26(32)19-36-23-9-3-2-4-10-23/h2-4,9-10,13-16,21,24-25H,5-8,11-12,17-19H2,1H3,(H,29,33)(H,30,34)/t21?,24-,25?/m1/s1. The first-order valence-corrected chi connectivity index (χ1v) is 12.7. The summed E-state index contributed by atoms with van der Waals surface area (Å²) in [7, 11) is 1.59. The number of hydrogen-bond acceptors (Lipinski definition) is 5. The first-order valence-electron chi connectivity index (χ1n) is 12.7. The Labute approximate surface area is 212 Å². The number of hydrogen-bond donors (Lipinski definition) is 2. The normalized spacial score (nSPS) is 21.8. The Kier molecular flexibility index (Phi) is 8.81. The van der Waals surface area contributed by atoms with Gasteiger partial charge in [0.05, 0.1) is 13.0 Å². The molecule has 1 aliphatic heterocycles. The zero-order valence-electron chi connectivity index (χ0n) is 20.8. The third-order valence-electron chi connectivity index (χ3n) is 7.01. The van der Waals surface area contributed by atoms with Crippen molar-refractivity contribution in [2.24, 2.45) is 5.92 Å². The highest BCUT2D eigenvalue weighted by molar-refractivity contribution is 5.94. The van der Waals surface area contributed by atoms with Gasteiger partial charge in [-0.1, -0.05) is 31.0 Å². The Morgan fingerprint density at radius 3 is 2.25 bits per heavy atom. The monoisotopic (exact) mass is 493 g/mol. The molecule has 0 spiro atoms. The number of ether oxygens (including phenoxy) is 2. The highest BCUT2D eigenvalue weighted by Gasteiger charge is 2.33. The van der Waals surface area contributed by atoms with Crippen molar-refractivity contribution in [3.8, 4) is 11.5 Å². The molecule has 2 unspecified atom stereocenters. The van der Waals surface area contributed by atoms with Crippen molar-refractivity contribution in [3.05, 3.63) is 60.2 Å². The predicted octanol–water partition coefficient (Wildman–Crippen LogP) is 3.17. The molecule has 4 rings (SSSR count). The topological polar surface area (TPSA) is 97.0 Å². The first kappa shape index (κ1) is 25.5. The maximum absolute atomic E-state index is 13.2. The summed E-state index contributed by atoms with van der Waals surface area (Å²) in [5, 5.41) is 6.30. The third-order valence-corrected chi connectivity index (χ3v) is 7.01. The fraction of sp³-hybridized carbons (Fsp3) is 0.464. The summed E-state index contributed by atoms with van der Waals surface area (Å²) in [6.07, 6.45) is 5.17. The van der Waals surface area contributed by atoms with Gasteiger partial charge in [-0.3, -0.25) is 14.4 Å². The van der Waals surface area contributed by atoms with Crippen LogP contribution in [0, 0.1) is 5.92 Å². The van der Waals surface area contributed by atoms with E-state index in [1.807, 2.05) is 30.3 Å². The van der Waals surface area contributed by atoms with Gasteiger partial charge in [0, 0.05) is 30.7 Å². The Bertz CT molecular complexity index is 1030. The van der Waals surface area contributed by atoms with Crippen LogP contribution in [-0.2, 0) is 9.59 Å². The summed E-state index contributed by atoms with van der Waals surface area (Å²) >= 11 is 0. The van der Waals surface area contributed by atoms with Gasteiger partial charge in [-0.25, -0.2) is 0 Å². The lowest BCUT2D eigenvalue weighted by Crippen LogP contribution is -2.55. The molecule has 1 saturated heterocycles. The van der Waals surface area contributed by atoms with E-state index in [0.29, 0.717) is 30.2 Å². The van der Waals surface area contributed by atoms with Crippen LogP contribution in [0.3, 0.4) is 0 Å². The molecule has 8 heteroatoms. The molecule has 0 radical (unpaired) electrons. The van der Waals surface area contributed by atoms with Crippen LogP contribution in [-0.4, -0.2) is 61.5 Å². The molecule has 1 heterocycles. The van der Waals surface area contributed by atoms with E-state index < -0.39 is 0 Å². The summed E-state index contributed by atoms with van der Waals surface area (Å²) in [4.78, 5) is 40.4. The number of carbonyl (C=O) groups excluding carboxylic acids is 3. The van der Waals surface area contributed by atoms with E-state index in [-0.39, 0.29) is 42.3 Å². The molecule has 36 heavy (non-hydrogen) atoms. The molecular weight excluding hydrogens is 458 g/mol. The summed E-state index contributed by atoms with van der Waals surface area (Å²) in [5.41, 5.74) is 0.561. The van der Waals surface area contributed by atoms with Crippen molar-refractivity contribution < 1.29 is 23.9 Å². The fourth-order valence-electron chi connectivity index (χ4n) is 4.94. The van der Waals surface area contributed by atoms with Crippen LogP contribution in [0.5, 0.6) is 11.5 Å². The van der Waals surface area contributed by atoms with Crippen molar-refractivity contribution in [2.75, 3.05) is 26.8 Å². The largest absolute Gasteiger partial charge is 0.497 e. The Hall–Kier alpha value is -3.55. The lowest BCUT2D eigenvalue weighted by atomic mass is 9.88. The van der Waals surface area contributed by atoms with Crippen LogP contribution in [0.15, 0.2) is 54.6 Å². The Balaban J connectivity index is 1.29. The number of rotatable bonds is 8. The van der Waals surface area contributed by atoms with Crippen molar-refractivity contribution in [2.45, 2.75) is 50.6 Å². The van der Waals surface area contributed by atoms with Crippen LogP contribution in [0.2, 0.25) is 0 Å². The lowest BCUT2D eigenvalue weighted by Gasteiger charge is -2.36. The van der Waals surface area contributed by atoms with Gasteiger partial charge >= 0.3 is 0 Å². The Morgan fingerprint density at radius 1 is 0.861 bits per heavy atom. The van der Waals surface area contributed by atoms with Crippen LogP contribution >= 0.6 is 0 Å². The zero-order chi connectivity index (χ0) is 25.3. The number of amides is 3. The quantitative estimate of drug-likeness (QED) is 0.589. The zero-order valence-corrected chi connectivity index (χ0v) is 20.8.